The van der Waals surface area contributed by atoms with Gasteiger partial charge in [-0.25, -0.2) is 9.89 Å². The molecule has 0 radical (unpaired) electrons. The fourth-order valence-corrected chi connectivity index (χ4v) is 1.53. The number of aliphatic carboxylic acids is 1. The summed E-state index contributed by atoms with van der Waals surface area (Å²) in [6.07, 6.45) is 0.516. The van der Waals surface area contributed by atoms with E-state index in [1.165, 1.54) is 6.07 Å². The summed E-state index contributed by atoms with van der Waals surface area (Å²) in [4.78, 5) is 33.9. The molecule has 0 bridgehead atoms. The third kappa shape index (κ3) is 2.73. The summed E-state index contributed by atoms with van der Waals surface area (Å²) in [5.41, 5.74) is -1.77. The van der Waals surface area contributed by atoms with E-state index >= 15 is 0 Å². The molecule has 0 saturated carbocycles. The molecule has 1 rings (SSSR count). The number of aromatic amines is 1. The number of carbonyl (C=O) groups is 2. The number of H-pyrrole nitrogens is 1. The van der Waals surface area contributed by atoms with Crippen LogP contribution >= 0.6 is 0 Å². The van der Waals surface area contributed by atoms with Crippen LogP contribution in [0.1, 0.15) is 37.2 Å². The van der Waals surface area contributed by atoms with Crippen molar-refractivity contribution < 1.29 is 14.7 Å². The minimum Gasteiger partial charge on any atom is -0.480 e. The number of aromatic nitrogens is 2. The number of carbonyl (C=O) groups excluding carboxylic acids is 1. The molecule has 0 atom stereocenters. The summed E-state index contributed by atoms with van der Waals surface area (Å²) >= 11 is 0. The summed E-state index contributed by atoms with van der Waals surface area (Å²) < 4.78 is 0. The van der Waals surface area contributed by atoms with Crippen LogP contribution in [-0.4, -0.2) is 32.7 Å². The summed E-state index contributed by atoms with van der Waals surface area (Å²) in [5.74, 6) is -1.72. The Bertz CT molecular complexity index is 485. The standard InChI is InChI=1S/C11H15N3O4/c1-3-11(4-2,10(17)18)12-9(16)7-5-6-8(15)14-13-7/h5-6H,3-4H2,1-2H3,(H,12,16)(H,14,15)(H,17,18). The number of rotatable bonds is 5. The van der Waals surface area contributed by atoms with Gasteiger partial charge in [-0.3, -0.25) is 9.59 Å². The van der Waals surface area contributed by atoms with Crippen molar-refractivity contribution in [2.75, 3.05) is 0 Å². The van der Waals surface area contributed by atoms with Crippen molar-refractivity contribution in [1.29, 1.82) is 0 Å². The van der Waals surface area contributed by atoms with Crippen LogP contribution in [0, 0.1) is 0 Å². The molecule has 0 saturated heterocycles. The second-order valence-electron chi connectivity index (χ2n) is 3.85. The van der Waals surface area contributed by atoms with E-state index in [-0.39, 0.29) is 18.5 Å². The van der Waals surface area contributed by atoms with Crippen molar-refractivity contribution in [3.8, 4) is 0 Å². The van der Waals surface area contributed by atoms with E-state index in [0.717, 1.165) is 6.07 Å². The third-order valence-electron chi connectivity index (χ3n) is 2.88. The molecular formula is C11H15N3O4. The predicted octanol–water partition coefficient (Wildman–Crippen LogP) is 0.143. The normalized spacial score (nSPS) is 11.0. The topological polar surface area (TPSA) is 112 Å². The zero-order valence-electron chi connectivity index (χ0n) is 10.2. The maximum absolute atomic E-state index is 11.8. The van der Waals surface area contributed by atoms with Gasteiger partial charge in [-0.1, -0.05) is 13.8 Å². The average molecular weight is 253 g/mol. The number of carboxylic acids is 1. The Morgan fingerprint density at radius 1 is 1.39 bits per heavy atom. The van der Waals surface area contributed by atoms with Gasteiger partial charge in [-0.05, 0) is 18.9 Å². The predicted molar refractivity (Wildman–Crippen MR) is 63.3 cm³/mol. The zero-order valence-corrected chi connectivity index (χ0v) is 10.2. The molecule has 0 fully saturated rings. The minimum atomic E-state index is -1.31. The molecule has 18 heavy (non-hydrogen) atoms. The van der Waals surface area contributed by atoms with Crippen LogP contribution in [0.4, 0.5) is 0 Å². The summed E-state index contributed by atoms with van der Waals surface area (Å²) in [5, 5.41) is 17.3. The van der Waals surface area contributed by atoms with Gasteiger partial charge in [0.05, 0.1) is 0 Å². The van der Waals surface area contributed by atoms with Gasteiger partial charge in [-0.15, -0.1) is 0 Å². The van der Waals surface area contributed by atoms with Crippen molar-refractivity contribution in [2.45, 2.75) is 32.2 Å². The molecule has 3 N–H and O–H groups in total. The molecule has 0 aliphatic heterocycles. The Kier molecular flexibility index (Phi) is 4.19. The first kappa shape index (κ1) is 13.9. The maximum Gasteiger partial charge on any atom is 0.329 e. The Hall–Kier alpha value is -2.18. The average Bonchev–Trinajstić information content (AvgIpc) is 2.36. The summed E-state index contributed by atoms with van der Waals surface area (Å²) in [6.45, 7) is 3.36. The molecule has 7 heteroatoms. The zero-order chi connectivity index (χ0) is 13.8. The van der Waals surface area contributed by atoms with E-state index in [0.29, 0.717) is 0 Å². The highest BCUT2D eigenvalue weighted by atomic mass is 16.4. The second-order valence-corrected chi connectivity index (χ2v) is 3.85. The second kappa shape index (κ2) is 5.44. The molecule has 7 nitrogen and oxygen atoms in total. The van der Waals surface area contributed by atoms with Crippen LogP contribution in [0.5, 0.6) is 0 Å². The first-order valence-corrected chi connectivity index (χ1v) is 5.57. The lowest BCUT2D eigenvalue weighted by atomic mass is 9.93. The number of hydrogen-bond acceptors (Lipinski definition) is 4. The highest BCUT2D eigenvalue weighted by Gasteiger charge is 2.36. The van der Waals surface area contributed by atoms with E-state index in [1.54, 1.807) is 13.8 Å². The molecule has 0 aliphatic carbocycles. The fourth-order valence-electron chi connectivity index (χ4n) is 1.53. The van der Waals surface area contributed by atoms with Crippen molar-refractivity contribution in [1.82, 2.24) is 15.5 Å². The molecule has 1 aromatic rings. The van der Waals surface area contributed by atoms with Crippen LogP contribution in [0.2, 0.25) is 0 Å². The quantitative estimate of drug-likeness (QED) is 0.691. The van der Waals surface area contributed by atoms with Crippen LogP contribution in [-0.2, 0) is 4.79 Å². The molecule has 98 valence electrons. The number of carboxylic acid groups (broad SMARTS) is 1. The number of nitrogens with zero attached hydrogens (tertiary/aromatic N) is 1. The van der Waals surface area contributed by atoms with Gasteiger partial charge in [0.25, 0.3) is 11.5 Å². The Morgan fingerprint density at radius 3 is 2.39 bits per heavy atom. The van der Waals surface area contributed by atoms with Crippen molar-refractivity contribution in [3.05, 3.63) is 28.2 Å². The van der Waals surface area contributed by atoms with Crippen molar-refractivity contribution in [2.24, 2.45) is 0 Å². The highest BCUT2D eigenvalue weighted by molar-refractivity contribution is 5.96. The summed E-state index contributed by atoms with van der Waals surface area (Å²) in [6, 6.07) is 2.40. The van der Waals surface area contributed by atoms with E-state index in [9.17, 15) is 19.5 Å². The molecular weight excluding hydrogens is 238 g/mol. The molecule has 0 spiro atoms. The van der Waals surface area contributed by atoms with E-state index < -0.39 is 23.0 Å². The Morgan fingerprint density at radius 2 is 2.00 bits per heavy atom. The van der Waals surface area contributed by atoms with Gasteiger partial charge in [-0.2, -0.15) is 5.10 Å². The Balaban J connectivity index is 2.95. The molecule has 0 aliphatic rings. The highest BCUT2D eigenvalue weighted by Crippen LogP contribution is 2.15. The van der Waals surface area contributed by atoms with E-state index in [4.69, 9.17) is 0 Å². The first-order chi connectivity index (χ1) is 8.45. The first-order valence-electron chi connectivity index (χ1n) is 5.57. The SMILES string of the molecule is CCC(CC)(NC(=O)c1ccc(=O)[nH]n1)C(=O)O. The van der Waals surface area contributed by atoms with Crippen LogP contribution in [0.25, 0.3) is 0 Å². The minimum absolute atomic E-state index is 0.0258. The fraction of sp³-hybridized carbons (Fsp3) is 0.455. The van der Waals surface area contributed by atoms with Gasteiger partial charge < -0.3 is 10.4 Å². The third-order valence-corrected chi connectivity index (χ3v) is 2.88. The van der Waals surface area contributed by atoms with Gasteiger partial charge in [0.2, 0.25) is 0 Å². The lowest BCUT2D eigenvalue weighted by molar-refractivity contribution is -0.144. The monoisotopic (exact) mass is 253 g/mol. The smallest absolute Gasteiger partial charge is 0.329 e. The van der Waals surface area contributed by atoms with E-state index in [1.807, 2.05) is 0 Å². The number of nitrogens with one attached hydrogen (secondary N) is 2. The molecule has 0 unspecified atom stereocenters. The van der Waals surface area contributed by atoms with Gasteiger partial charge in [0.15, 0.2) is 0 Å². The maximum atomic E-state index is 11.8. The van der Waals surface area contributed by atoms with Gasteiger partial charge in [0.1, 0.15) is 11.2 Å². The molecule has 0 aromatic carbocycles. The van der Waals surface area contributed by atoms with Crippen LogP contribution < -0.4 is 10.9 Å². The van der Waals surface area contributed by atoms with Gasteiger partial charge in [0, 0.05) is 6.07 Å². The lowest BCUT2D eigenvalue weighted by Crippen LogP contribution is -2.53. The van der Waals surface area contributed by atoms with Crippen molar-refractivity contribution >= 4 is 11.9 Å². The Labute approximate surface area is 103 Å². The van der Waals surface area contributed by atoms with Crippen molar-refractivity contribution in [3.63, 3.8) is 0 Å². The largest absolute Gasteiger partial charge is 0.480 e. The van der Waals surface area contributed by atoms with Gasteiger partial charge >= 0.3 is 5.97 Å². The molecule has 1 amide bonds. The van der Waals surface area contributed by atoms with Crippen LogP contribution in [0.15, 0.2) is 16.9 Å². The lowest BCUT2D eigenvalue weighted by Gasteiger charge is -2.27. The molecule has 1 aromatic heterocycles. The molecule has 1 heterocycles. The summed E-state index contributed by atoms with van der Waals surface area (Å²) in [7, 11) is 0. The number of amides is 1. The van der Waals surface area contributed by atoms with Crippen LogP contribution in [0.3, 0.4) is 0 Å². The number of hydrogen-bond donors (Lipinski definition) is 3. The van der Waals surface area contributed by atoms with E-state index in [2.05, 4.69) is 15.5 Å².